The SMILES string of the molecule is C[C@H](NC(=O)OCc1ccccc1)C(=O)N[C@@H](CCC(=O)OCc1ccccc1)C(=O)OCc1ccccc1. The molecule has 3 rings (SSSR count). The van der Waals surface area contributed by atoms with Crippen LogP contribution >= 0.6 is 0 Å². The second-order valence-corrected chi connectivity index (χ2v) is 8.77. The quantitative estimate of drug-likeness (QED) is 0.252. The zero-order valence-electron chi connectivity index (χ0n) is 21.7. The van der Waals surface area contributed by atoms with E-state index in [2.05, 4.69) is 10.6 Å². The van der Waals surface area contributed by atoms with Crippen LogP contribution in [-0.2, 0) is 48.4 Å². The molecule has 0 saturated carbocycles. The highest BCUT2D eigenvalue weighted by Crippen LogP contribution is 2.09. The Morgan fingerprint density at radius 1 is 0.641 bits per heavy atom. The standard InChI is InChI=1S/C30H32N2O7/c1-22(31-30(36)39-21-25-15-9-4-10-16-25)28(34)32-26(29(35)38-20-24-13-7-3-8-14-24)17-18-27(33)37-19-23-11-5-2-6-12-23/h2-16,22,26H,17-21H2,1H3,(H,31,36)(H,32,34)/t22-,26-/m0/s1. The van der Waals surface area contributed by atoms with Crippen LogP contribution in [0.15, 0.2) is 91.0 Å². The molecule has 0 aliphatic rings. The number of hydrogen-bond acceptors (Lipinski definition) is 7. The summed E-state index contributed by atoms with van der Waals surface area (Å²) in [7, 11) is 0. The second-order valence-electron chi connectivity index (χ2n) is 8.77. The van der Waals surface area contributed by atoms with Gasteiger partial charge in [-0.25, -0.2) is 9.59 Å². The maximum absolute atomic E-state index is 12.8. The number of amides is 2. The lowest BCUT2D eigenvalue weighted by atomic mass is 10.1. The van der Waals surface area contributed by atoms with Crippen LogP contribution in [0.2, 0.25) is 0 Å². The van der Waals surface area contributed by atoms with Gasteiger partial charge in [0, 0.05) is 6.42 Å². The van der Waals surface area contributed by atoms with E-state index in [4.69, 9.17) is 14.2 Å². The zero-order valence-corrected chi connectivity index (χ0v) is 21.7. The fourth-order valence-electron chi connectivity index (χ4n) is 3.45. The van der Waals surface area contributed by atoms with Crippen molar-refractivity contribution in [3.63, 3.8) is 0 Å². The van der Waals surface area contributed by atoms with Gasteiger partial charge in [-0.1, -0.05) is 91.0 Å². The van der Waals surface area contributed by atoms with Crippen LogP contribution in [0.3, 0.4) is 0 Å². The third-order valence-corrected chi connectivity index (χ3v) is 5.65. The Labute approximate surface area is 227 Å². The van der Waals surface area contributed by atoms with Gasteiger partial charge in [-0.05, 0) is 30.0 Å². The van der Waals surface area contributed by atoms with E-state index in [-0.39, 0.29) is 32.7 Å². The lowest BCUT2D eigenvalue weighted by Gasteiger charge is -2.20. The topological polar surface area (TPSA) is 120 Å². The summed E-state index contributed by atoms with van der Waals surface area (Å²) in [4.78, 5) is 50.1. The molecule has 3 aromatic carbocycles. The molecule has 0 radical (unpaired) electrons. The first-order chi connectivity index (χ1) is 18.9. The molecule has 0 unspecified atom stereocenters. The van der Waals surface area contributed by atoms with Crippen LogP contribution < -0.4 is 10.6 Å². The summed E-state index contributed by atoms with van der Waals surface area (Å²) in [6.45, 7) is 1.60. The second kappa shape index (κ2) is 15.6. The van der Waals surface area contributed by atoms with Crippen molar-refractivity contribution in [1.82, 2.24) is 10.6 Å². The van der Waals surface area contributed by atoms with Crippen LogP contribution in [0, 0.1) is 0 Å². The Bertz CT molecular complexity index is 1200. The summed E-state index contributed by atoms with van der Waals surface area (Å²) < 4.78 is 15.8. The number of benzene rings is 3. The van der Waals surface area contributed by atoms with Crippen LogP contribution in [0.25, 0.3) is 0 Å². The van der Waals surface area contributed by atoms with Crippen LogP contribution in [-0.4, -0.2) is 36.0 Å². The summed E-state index contributed by atoms with van der Waals surface area (Å²) in [5.74, 6) is -1.86. The number of esters is 2. The van der Waals surface area contributed by atoms with E-state index in [1.165, 1.54) is 6.92 Å². The monoisotopic (exact) mass is 532 g/mol. The Morgan fingerprint density at radius 3 is 1.62 bits per heavy atom. The predicted molar refractivity (Wildman–Crippen MR) is 143 cm³/mol. The van der Waals surface area contributed by atoms with Crippen molar-refractivity contribution in [2.75, 3.05) is 0 Å². The molecule has 9 nitrogen and oxygen atoms in total. The molecule has 2 atom stereocenters. The number of carbonyl (C=O) groups excluding carboxylic acids is 4. The van der Waals surface area contributed by atoms with Crippen molar-refractivity contribution in [1.29, 1.82) is 0 Å². The first-order valence-electron chi connectivity index (χ1n) is 12.6. The van der Waals surface area contributed by atoms with Gasteiger partial charge >= 0.3 is 18.0 Å². The summed E-state index contributed by atoms with van der Waals surface area (Å²) in [6, 6.07) is 25.2. The summed E-state index contributed by atoms with van der Waals surface area (Å²) in [5.41, 5.74) is 2.40. The third-order valence-electron chi connectivity index (χ3n) is 5.65. The molecule has 0 heterocycles. The molecule has 0 aromatic heterocycles. The van der Waals surface area contributed by atoms with E-state index >= 15 is 0 Å². The lowest BCUT2D eigenvalue weighted by Crippen LogP contribution is -2.50. The largest absolute Gasteiger partial charge is 0.461 e. The molecule has 9 heteroatoms. The molecule has 39 heavy (non-hydrogen) atoms. The van der Waals surface area contributed by atoms with Gasteiger partial charge in [0.2, 0.25) is 5.91 Å². The summed E-state index contributed by atoms with van der Waals surface area (Å²) in [6.07, 6.45) is -0.952. The average Bonchev–Trinajstić information content (AvgIpc) is 2.97. The van der Waals surface area contributed by atoms with Gasteiger partial charge in [-0.2, -0.15) is 0 Å². The zero-order chi connectivity index (χ0) is 27.9. The van der Waals surface area contributed by atoms with E-state index in [1.807, 2.05) is 66.7 Å². The Kier molecular flexibility index (Phi) is 11.5. The van der Waals surface area contributed by atoms with Gasteiger partial charge in [-0.3, -0.25) is 9.59 Å². The first kappa shape index (κ1) is 28.9. The smallest absolute Gasteiger partial charge is 0.408 e. The van der Waals surface area contributed by atoms with Gasteiger partial charge in [-0.15, -0.1) is 0 Å². The summed E-state index contributed by atoms with van der Waals surface area (Å²) in [5, 5.41) is 5.01. The van der Waals surface area contributed by atoms with Crippen molar-refractivity contribution in [3.8, 4) is 0 Å². The van der Waals surface area contributed by atoms with E-state index in [9.17, 15) is 19.2 Å². The number of carbonyl (C=O) groups is 4. The van der Waals surface area contributed by atoms with E-state index in [0.29, 0.717) is 0 Å². The molecular weight excluding hydrogens is 500 g/mol. The van der Waals surface area contributed by atoms with Crippen LogP contribution in [0.4, 0.5) is 4.79 Å². The maximum atomic E-state index is 12.8. The van der Waals surface area contributed by atoms with Gasteiger partial charge < -0.3 is 24.8 Å². The number of nitrogens with one attached hydrogen (secondary N) is 2. The molecule has 2 N–H and O–H groups in total. The average molecular weight is 533 g/mol. The van der Waals surface area contributed by atoms with Crippen molar-refractivity contribution in [2.24, 2.45) is 0 Å². The predicted octanol–water partition coefficient (Wildman–Crippen LogP) is 4.05. The van der Waals surface area contributed by atoms with Crippen LogP contribution in [0.1, 0.15) is 36.5 Å². The van der Waals surface area contributed by atoms with Crippen molar-refractivity contribution >= 4 is 23.9 Å². The van der Waals surface area contributed by atoms with E-state index < -0.39 is 36.0 Å². The Hall–Kier alpha value is -4.66. The minimum absolute atomic E-state index is 0.00408. The van der Waals surface area contributed by atoms with E-state index in [1.54, 1.807) is 24.3 Å². The molecule has 204 valence electrons. The Morgan fingerprint density at radius 2 is 1.10 bits per heavy atom. The molecule has 0 bridgehead atoms. The summed E-state index contributed by atoms with van der Waals surface area (Å²) >= 11 is 0. The van der Waals surface area contributed by atoms with Crippen molar-refractivity contribution in [3.05, 3.63) is 108 Å². The fraction of sp³-hybridized carbons (Fsp3) is 0.267. The van der Waals surface area contributed by atoms with Crippen LogP contribution in [0.5, 0.6) is 0 Å². The minimum Gasteiger partial charge on any atom is -0.461 e. The molecule has 0 aliphatic heterocycles. The van der Waals surface area contributed by atoms with Gasteiger partial charge in [0.15, 0.2) is 0 Å². The van der Waals surface area contributed by atoms with E-state index in [0.717, 1.165) is 16.7 Å². The fourth-order valence-corrected chi connectivity index (χ4v) is 3.45. The highest BCUT2D eigenvalue weighted by molar-refractivity contribution is 5.89. The van der Waals surface area contributed by atoms with Gasteiger partial charge in [0.1, 0.15) is 31.9 Å². The Balaban J connectivity index is 1.53. The molecule has 0 aliphatic carbocycles. The highest BCUT2D eigenvalue weighted by Gasteiger charge is 2.27. The molecular formula is C30H32N2O7. The molecule has 3 aromatic rings. The normalized spacial score (nSPS) is 11.9. The molecule has 0 saturated heterocycles. The number of hydrogen-bond donors (Lipinski definition) is 2. The lowest BCUT2D eigenvalue weighted by molar-refractivity contribution is -0.150. The number of ether oxygens (including phenoxy) is 3. The van der Waals surface area contributed by atoms with Gasteiger partial charge in [0.05, 0.1) is 0 Å². The minimum atomic E-state index is -1.13. The van der Waals surface area contributed by atoms with Crippen molar-refractivity contribution < 1.29 is 33.4 Å². The first-order valence-corrected chi connectivity index (χ1v) is 12.6. The highest BCUT2D eigenvalue weighted by atomic mass is 16.5. The van der Waals surface area contributed by atoms with Crippen molar-refractivity contribution in [2.45, 2.75) is 51.7 Å². The number of alkyl carbamates (subject to hydrolysis) is 1. The maximum Gasteiger partial charge on any atom is 0.408 e. The van der Waals surface area contributed by atoms with Gasteiger partial charge in [0.25, 0.3) is 0 Å². The number of rotatable bonds is 13. The molecule has 0 spiro atoms. The molecule has 2 amide bonds. The molecule has 0 fully saturated rings. The third kappa shape index (κ3) is 10.7.